The van der Waals surface area contributed by atoms with Gasteiger partial charge >= 0.3 is 5.97 Å². The Kier molecular flexibility index (Phi) is 4.26. The standard InChI is InChI=1S/C13H8ClNO4S/c14-10-3-1-2-4-12(10)20-8-5-6-9(13(16)17)11(7-8)15(18)19/h1-7H,(H,16,17). The molecule has 20 heavy (non-hydrogen) atoms. The lowest BCUT2D eigenvalue weighted by Crippen LogP contribution is -2.02. The van der Waals surface area contributed by atoms with Crippen LogP contribution >= 0.6 is 23.4 Å². The van der Waals surface area contributed by atoms with Gasteiger partial charge in [0.25, 0.3) is 5.69 Å². The fourth-order valence-corrected chi connectivity index (χ4v) is 2.69. The Morgan fingerprint density at radius 2 is 1.95 bits per heavy atom. The molecule has 0 radical (unpaired) electrons. The van der Waals surface area contributed by atoms with Crippen molar-refractivity contribution in [2.45, 2.75) is 9.79 Å². The van der Waals surface area contributed by atoms with Crippen molar-refractivity contribution < 1.29 is 14.8 Å². The summed E-state index contributed by atoms with van der Waals surface area (Å²) in [5, 5.41) is 20.3. The fourth-order valence-electron chi connectivity index (χ4n) is 1.56. The van der Waals surface area contributed by atoms with E-state index in [2.05, 4.69) is 0 Å². The fraction of sp³-hybridized carbons (Fsp3) is 0. The third-order valence-electron chi connectivity index (χ3n) is 2.46. The quantitative estimate of drug-likeness (QED) is 0.679. The number of benzene rings is 2. The minimum absolute atomic E-state index is 0.335. The lowest BCUT2D eigenvalue weighted by molar-refractivity contribution is -0.385. The number of carboxylic acids is 1. The third-order valence-corrected chi connectivity index (χ3v) is 3.97. The predicted octanol–water partition coefficient (Wildman–Crippen LogP) is 4.10. The number of carboxylic acid groups (broad SMARTS) is 1. The van der Waals surface area contributed by atoms with Gasteiger partial charge in [-0.15, -0.1) is 0 Å². The molecule has 102 valence electrons. The Balaban J connectivity index is 2.40. The van der Waals surface area contributed by atoms with Gasteiger partial charge in [0.05, 0.1) is 9.95 Å². The summed E-state index contributed by atoms with van der Waals surface area (Å²) in [6, 6.07) is 11.0. The molecule has 0 amide bonds. The second-order valence-corrected chi connectivity index (χ2v) is 5.30. The largest absolute Gasteiger partial charge is 0.477 e. The monoisotopic (exact) mass is 309 g/mol. The molecule has 0 bridgehead atoms. The molecule has 0 atom stereocenters. The summed E-state index contributed by atoms with van der Waals surface area (Å²) in [6.45, 7) is 0. The number of nitrogens with zero attached hydrogens (tertiary/aromatic N) is 1. The third kappa shape index (κ3) is 3.09. The number of halogens is 1. The van der Waals surface area contributed by atoms with Crippen LogP contribution in [0.2, 0.25) is 5.02 Å². The van der Waals surface area contributed by atoms with E-state index in [-0.39, 0.29) is 5.56 Å². The van der Waals surface area contributed by atoms with Gasteiger partial charge in [-0.2, -0.15) is 0 Å². The zero-order chi connectivity index (χ0) is 14.7. The highest BCUT2D eigenvalue weighted by Crippen LogP contribution is 2.35. The molecule has 0 saturated carbocycles. The molecular weight excluding hydrogens is 302 g/mol. The molecule has 5 nitrogen and oxygen atoms in total. The minimum Gasteiger partial charge on any atom is -0.477 e. The second-order valence-electron chi connectivity index (χ2n) is 3.77. The predicted molar refractivity (Wildman–Crippen MR) is 75.6 cm³/mol. The lowest BCUT2D eigenvalue weighted by Gasteiger charge is -2.05. The van der Waals surface area contributed by atoms with Crippen LogP contribution < -0.4 is 0 Å². The van der Waals surface area contributed by atoms with Gasteiger partial charge in [0.15, 0.2) is 0 Å². The second kappa shape index (κ2) is 5.94. The summed E-state index contributed by atoms with van der Waals surface area (Å²) in [4.78, 5) is 22.4. The minimum atomic E-state index is -1.33. The summed E-state index contributed by atoms with van der Waals surface area (Å²) in [5.74, 6) is -1.33. The van der Waals surface area contributed by atoms with Crippen molar-refractivity contribution in [3.8, 4) is 0 Å². The van der Waals surface area contributed by atoms with Crippen LogP contribution in [-0.4, -0.2) is 16.0 Å². The molecule has 0 spiro atoms. The first-order chi connectivity index (χ1) is 9.49. The topological polar surface area (TPSA) is 80.4 Å². The lowest BCUT2D eigenvalue weighted by atomic mass is 10.2. The van der Waals surface area contributed by atoms with E-state index in [1.807, 2.05) is 0 Å². The summed E-state index contributed by atoms with van der Waals surface area (Å²) in [7, 11) is 0. The van der Waals surface area contributed by atoms with Crippen LogP contribution in [0.3, 0.4) is 0 Å². The molecule has 7 heteroatoms. The first-order valence-corrected chi connectivity index (χ1v) is 6.62. The van der Waals surface area contributed by atoms with Gasteiger partial charge in [-0.3, -0.25) is 10.1 Å². The Bertz CT molecular complexity index is 690. The van der Waals surface area contributed by atoms with E-state index in [1.165, 1.54) is 30.0 Å². The number of aromatic carboxylic acids is 1. The van der Waals surface area contributed by atoms with E-state index in [0.717, 1.165) is 4.90 Å². The Labute approximate surface area is 123 Å². The summed E-state index contributed by atoms with van der Waals surface area (Å²) >= 11 is 7.25. The molecule has 0 unspecified atom stereocenters. The van der Waals surface area contributed by atoms with Gasteiger partial charge in [-0.1, -0.05) is 35.5 Å². The zero-order valence-corrected chi connectivity index (χ0v) is 11.5. The smallest absolute Gasteiger partial charge is 0.342 e. The van der Waals surface area contributed by atoms with Gasteiger partial charge < -0.3 is 5.11 Å². The number of hydrogen-bond donors (Lipinski definition) is 1. The highest BCUT2D eigenvalue weighted by molar-refractivity contribution is 7.99. The van der Waals surface area contributed by atoms with Gasteiger partial charge in [0.2, 0.25) is 0 Å². The molecular formula is C13H8ClNO4S. The molecule has 0 aliphatic carbocycles. The Hall–Kier alpha value is -2.05. The van der Waals surface area contributed by atoms with Crippen molar-refractivity contribution in [1.82, 2.24) is 0 Å². The van der Waals surface area contributed by atoms with Crippen molar-refractivity contribution in [3.63, 3.8) is 0 Å². The molecule has 1 N–H and O–H groups in total. The highest BCUT2D eigenvalue weighted by atomic mass is 35.5. The molecule has 2 aromatic rings. The van der Waals surface area contributed by atoms with Crippen LogP contribution in [0.4, 0.5) is 5.69 Å². The van der Waals surface area contributed by atoms with E-state index in [9.17, 15) is 14.9 Å². The van der Waals surface area contributed by atoms with E-state index < -0.39 is 16.6 Å². The van der Waals surface area contributed by atoms with E-state index in [0.29, 0.717) is 9.92 Å². The molecule has 0 fully saturated rings. The first kappa shape index (κ1) is 14.4. The van der Waals surface area contributed by atoms with E-state index >= 15 is 0 Å². The van der Waals surface area contributed by atoms with Crippen LogP contribution in [0.1, 0.15) is 10.4 Å². The Morgan fingerprint density at radius 1 is 1.25 bits per heavy atom. The average Bonchev–Trinajstić information content (AvgIpc) is 2.41. The number of carbonyl (C=O) groups is 1. The van der Waals surface area contributed by atoms with Gasteiger partial charge in [0, 0.05) is 15.9 Å². The summed E-state index contributed by atoms with van der Waals surface area (Å²) < 4.78 is 0. The first-order valence-electron chi connectivity index (χ1n) is 5.43. The maximum absolute atomic E-state index is 10.9. The van der Waals surface area contributed by atoms with Crippen LogP contribution in [0.15, 0.2) is 52.3 Å². The van der Waals surface area contributed by atoms with Gasteiger partial charge in [-0.05, 0) is 24.3 Å². The van der Waals surface area contributed by atoms with Crippen molar-refractivity contribution in [2.75, 3.05) is 0 Å². The maximum atomic E-state index is 10.9. The molecule has 0 saturated heterocycles. The number of hydrogen-bond acceptors (Lipinski definition) is 4. The van der Waals surface area contributed by atoms with Crippen LogP contribution in [0.5, 0.6) is 0 Å². The zero-order valence-electron chi connectivity index (χ0n) is 9.95. The number of nitro benzene ring substituents is 1. The molecule has 0 aliphatic rings. The Morgan fingerprint density at radius 3 is 2.55 bits per heavy atom. The number of nitro groups is 1. The highest BCUT2D eigenvalue weighted by Gasteiger charge is 2.20. The van der Waals surface area contributed by atoms with E-state index in [4.69, 9.17) is 16.7 Å². The molecule has 2 aromatic carbocycles. The molecule has 2 rings (SSSR count). The number of rotatable bonds is 4. The maximum Gasteiger partial charge on any atom is 0.342 e. The SMILES string of the molecule is O=C(O)c1ccc(Sc2ccccc2Cl)cc1[N+](=O)[O-]. The van der Waals surface area contributed by atoms with Crippen molar-refractivity contribution in [1.29, 1.82) is 0 Å². The summed E-state index contributed by atoms with van der Waals surface area (Å²) in [6.07, 6.45) is 0. The van der Waals surface area contributed by atoms with Crippen LogP contribution in [0.25, 0.3) is 0 Å². The molecule has 0 aliphatic heterocycles. The average molecular weight is 310 g/mol. The summed E-state index contributed by atoms with van der Waals surface area (Å²) in [5.41, 5.74) is -0.770. The van der Waals surface area contributed by atoms with Crippen molar-refractivity contribution >= 4 is 35.0 Å². The molecule has 0 aromatic heterocycles. The van der Waals surface area contributed by atoms with Crippen LogP contribution in [-0.2, 0) is 0 Å². The van der Waals surface area contributed by atoms with Crippen LogP contribution in [0, 0.1) is 10.1 Å². The van der Waals surface area contributed by atoms with Crippen molar-refractivity contribution in [3.05, 3.63) is 63.2 Å². The normalized spacial score (nSPS) is 10.2. The van der Waals surface area contributed by atoms with Crippen molar-refractivity contribution in [2.24, 2.45) is 0 Å². The van der Waals surface area contributed by atoms with Gasteiger partial charge in [0.1, 0.15) is 5.56 Å². The van der Waals surface area contributed by atoms with E-state index in [1.54, 1.807) is 24.3 Å². The van der Waals surface area contributed by atoms with Gasteiger partial charge in [-0.25, -0.2) is 4.79 Å². The molecule has 0 heterocycles.